The molecule has 0 fully saturated rings. The number of para-hydroxylation sites is 1. The fourth-order valence-corrected chi connectivity index (χ4v) is 2.76. The highest BCUT2D eigenvalue weighted by Crippen LogP contribution is 2.27. The van der Waals surface area contributed by atoms with Crippen LogP contribution in [0.25, 0.3) is 0 Å². The van der Waals surface area contributed by atoms with Crippen LogP contribution < -0.4 is 16.0 Å². The largest absolute Gasteiger partial charge is 0.399 e. The Morgan fingerprint density at radius 1 is 1.21 bits per heavy atom. The van der Waals surface area contributed by atoms with Crippen LogP contribution >= 0.6 is 0 Å². The van der Waals surface area contributed by atoms with Crippen molar-refractivity contribution in [3.05, 3.63) is 65.9 Å². The van der Waals surface area contributed by atoms with E-state index < -0.39 is 5.91 Å². The van der Waals surface area contributed by atoms with Crippen LogP contribution in [0.2, 0.25) is 0 Å². The van der Waals surface area contributed by atoms with Gasteiger partial charge in [-0.25, -0.2) is 0 Å². The molecule has 0 bridgehead atoms. The molecule has 0 saturated carbocycles. The van der Waals surface area contributed by atoms with Crippen LogP contribution in [0.4, 0.5) is 17.1 Å². The summed E-state index contributed by atoms with van der Waals surface area (Å²) in [7, 11) is 0. The molecule has 3 N–H and O–H groups in total. The number of benzene rings is 2. The van der Waals surface area contributed by atoms with Crippen molar-refractivity contribution >= 4 is 23.0 Å². The Bertz CT molecular complexity index is 818. The fourth-order valence-electron chi connectivity index (χ4n) is 2.76. The van der Waals surface area contributed by atoms with Gasteiger partial charge in [-0.05, 0) is 48.7 Å². The third-order valence-corrected chi connectivity index (χ3v) is 3.96. The molecule has 0 aromatic heterocycles. The first-order valence-corrected chi connectivity index (χ1v) is 7.81. The van der Waals surface area contributed by atoms with Gasteiger partial charge in [0.05, 0.1) is 0 Å². The molecule has 0 unspecified atom stereocenters. The van der Waals surface area contributed by atoms with E-state index in [9.17, 15) is 10.1 Å². The monoisotopic (exact) mass is 318 g/mol. The second-order valence-electron chi connectivity index (χ2n) is 5.66. The molecule has 3 rings (SSSR count). The molecule has 2 aromatic carbocycles. The summed E-state index contributed by atoms with van der Waals surface area (Å²) in [6, 6.07) is 16.9. The van der Waals surface area contributed by atoms with Gasteiger partial charge in [-0.3, -0.25) is 4.79 Å². The van der Waals surface area contributed by atoms with E-state index >= 15 is 0 Å². The molecule has 24 heavy (non-hydrogen) atoms. The first-order valence-electron chi connectivity index (χ1n) is 7.81. The van der Waals surface area contributed by atoms with E-state index in [1.165, 1.54) is 5.56 Å². The lowest BCUT2D eigenvalue weighted by Gasteiger charge is -2.28. The maximum atomic E-state index is 12.4. The first-order chi connectivity index (χ1) is 11.7. The van der Waals surface area contributed by atoms with Crippen LogP contribution in [0.1, 0.15) is 12.0 Å². The highest BCUT2D eigenvalue weighted by atomic mass is 16.1. The Morgan fingerprint density at radius 2 is 1.96 bits per heavy atom. The number of aryl methyl sites for hydroxylation is 1. The summed E-state index contributed by atoms with van der Waals surface area (Å²) in [4.78, 5) is 14.3. The number of fused-ring (bicyclic) bond motifs is 1. The molecule has 1 aliphatic rings. The molecule has 0 aliphatic carbocycles. The zero-order valence-corrected chi connectivity index (χ0v) is 13.2. The van der Waals surface area contributed by atoms with Crippen molar-refractivity contribution in [2.45, 2.75) is 12.8 Å². The van der Waals surface area contributed by atoms with Crippen LogP contribution in [0.15, 0.2) is 60.3 Å². The number of anilines is 3. The Kier molecular flexibility index (Phi) is 4.48. The van der Waals surface area contributed by atoms with Crippen LogP contribution in [0.3, 0.4) is 0 Å². The van der Waals surface area contributed by atoms with Crippen molar-refractivity contribution < 1.29 is 4.79 Å². The molecule has 0 spiro atoms. The van der Waals surface area contributed by atoms with E-state index in [0.29, 0.717) is 11.4 Å². The lowest BCUT2D eigenvalue weighted by molar-refractivity contribution is -0.112. The lowest BCUT2D eigenvalue weighted by Crippen LogP contribution is -2.26. The Morgan fingerprint density at radius 3 is 2.71 bits per heavy atom. The predicted octanol–water partition coefficient (Wildman–Crippen LogP) is 3.07. The highest BCUT2D eigenvalue weighted by Gasteiger charge is 2.17. The van der Waals surface area contributed by atoms with E-state index in [1.54, 1.807) is 30.5 Å². The number of amides is 1. The van der Waals surface area contributed by atoms with Gasteiger partial charge < -0.3 is 16.0 Å². The average molecular weight is 318 g/mol. The van der Waals surface area contributed by atoms with Gasteiger partial charge in [0.2, 0.25) is 0 Å². The van der Waals surface area contributed by atoms with Crippen molar-refractivity contribution in [3.8, 4) is 6.07 Å². The number of carbonyl (C=O) groups excluding carboxylic acids is 1. The summed E-state index contributed by atoms with van der Waals surface area (Å²) in [6.07, 6.45) is 3.64. The SMILES string of the molecule is N#C/C(=C/N1CCCc2ccccc21)C(=O)Nc1ccc(N)cc1. The van der Waals surface area contributed by atoms with Crippen LogP contribution in [-0.4, -0.2) is 12.5 Å². The van der Waals surface area contributed by atoms with Gasteiger partial charge in [-0.15, -0.1) is 0 Å². The van der Waals surface area contributed by atoms with Gasteiger partial charge in [-0.1, -0.05) is 18.2 Å². The Labute approximate surface area is 141 Å². The van der Waals surface area contributed by atoms with E-state index in [0.717, 1.165) is 25.1 Å². The van der Waals surface area contributed by atoms with Gasteiger partial charge in [0.25, 0.3) is 5.91 Å². The molecule has 0 radical (unpaired) electrons. The molecule has 5 nitrogen and oxygen atoms in total. The third-order valence-electron chi connectivity index (χ3n) is 3.96. The average Bonchev–Trinajstić information content (AvgIpc) is 2.61. The molecule has 5 heteroatoms. The minimum Gasteiger partial charge on any atom is -0.399 e. The zero-order chi connectivity index (χ0) is 16.9. The van der Waals surface area contributed by atoms with Gasteiger partial charge in [-0.2, -0.15) is 5.26 Å². The smallest absolute Gasteiger partial charge is 0.267 e. The first kappa shape index (κ1) is 15.6. The normalized spacial score (nSPS) is 13.8. The van der Waals surface area contributed by atoms with Crippen molar-refractivity contribution in [3.63, 3.8) is 0 Å². The molecule has 1 heterocycles. The van der Waals surface area contributed by atoms with E-state index in [-0.39, 0.29) is 5.57 Å². The van der Waals surface area contributed by atoms with Crippen LogP contribution in [0, 0.1) is 11.3 Å². The summed E-state index contributed by atoms with van der Waals surface area (Å²) in [5.74, 6) is -0.426. The van der Waals surface area contributed by atoms with E-state index in [2.05, 4.69) is 11.4 Å². The number of nitrogens with two attached hydrogens (primary N) is 1. The van der Waals surface area contributed by atoms with Crippen molar-refractivity contribution in [2.24, 2.45) is 0 Å². The zero-order valence-electron chi connectivity index (χ0n) is 13.2. The van der Waals surface area contributed by atoms with E-state index in [1.807, 2.05) is 29.2 Å². The molecule has 1 amide bonds. The number of hydrogen-bond donors (Lipinski definition) is 2. The summed E-state index contributed by atoms with van der Waals surface area (Å²) in [6.45, 7) is 0.789. The Balaban J connectivity index is 1.81. The molecule has 0 saturated heterocycles. The summed E-state index contributed by atoms with van der Waals surface area (Å²) < 4.78 is 0. The fraction of sp³-hybridized carbons (Fsp3) is 0.158. The van der Waals surface area contributed by atoms with Gasteiger partial charge >= 0.3 is 0 Å². The van der Waals surface area contributed by atoms with E-state index in [4.69, 9.17) is 5.73 Å². The summed E-state index contributed by atoms with van der Waals surface area (Å²) >= 11 is 0. The minimum atomic E-state index is -0.426. The van der Waals surface area contributed by atoms with Crippen LogP contribution in [0.5, 0.6) is 0 Å². The number of nitrogens with zero attached hydrogens (tertiary/aromatic N) is 2. The maximum absolute atomic E-state index is 12.4. The molecule has 2 aromatic rings. The molecular formula is C19H18N4O. The van der Waals surface area contributed by atoms with Crippen molar-refractivity contribution in [2.75, 3.05) is 22.5 Å². The number of nitriles is 1. The van der Waals surface area contributed by atoms with Crippen LogP contribution in [-0.2, 0) is 11.2 Å². The standard InChI is InChI=1S/C19H18N4O/c20-12-15(19(24)22-17-9-7-16(21)8-10-17)13-23-11-3-5-14-4-1-2-6-18(14)23/h1-2,4,6-10,13H,3,5,11,21H2,(H,22,24)/b15-13-. The molecule has 1 aliphatic heterocycles. The summed E-state index contributed by atoms with van der Waals surface area (Å²) in [5, 5.41) is 12.1. The number of rotatable bonds is 3. The number of hydrogen-bond acceptors (Lipinski definition) is 4. The van der Waals surface area contributed by atoms with Gasteiger partial charge in [0, 0.05) is 29.8 Å². The topological polar surface area (TPSA) is 82.2 Å². The molecular weight excluding hydrogens is 300 g/mol. The summed E-state index contributed by atoms with van der Waals surface area (Å²) in [5.41, 5.74) is 9.21. The Hall–Kier alpha value is -3.26. The molecule has 0 atom stereocenters. The number of nitrogens with one attached hydrogen (secondary N) is 1. The number of carbonyl (C=O) groups is 1. The minimum absolute atomic E-state index is 0.0727. The predicted molar refractivity (Wildman–Crippen MR) is 95.3 cm³/mol. The second kappa shape index (κ2) is 6.88. The maximum Gasteiger partial charge on any atom is 0.267 e. The third kappa shape index (κ3) is 3.39. The second-order valence-corrected chi connectivity index (χ2v) is 5.66. The highest BCUT2D eigenvalue weighted by molar-refractivity contribution is 6.06. The lowest BCUT2D eigenvalue weighted by atomic mass is 10.0. The quantitative estimate of drug-likeness (QED) is 0.517. The van der Waals surface area contributed by atoms with Crippen molar-refractivity contribution in [1.29, 1.82) is 5.26 Å². The number of nitrogen functional groups attached to an aromatic ring is 1. The molecule has 120 valence electrons. The van der Waals surface area contributed by atoms with Gasteiger partial charge in [0.1, 0.15) is 11.6 Å². The van der Waals surface area contributed by atoms with Gasteiger partial charge in [0.15, 0.2) is 0 Å². The van der Waals surface area contributed by atoms with Crippen molar-refractivity contribution in [1.82, 2.24) is 0 Å².